The van der Waals surface area contributed by atoms with Crippen LogP contribution in [0.4, 0.5) is 5.82 Å². The second-order valence-corrected chi connectivity index (χ2v) is 6.22. The van der Waals surface area contributed by atoms with Gasteiger partial charge >= 0.3 is 5.97 Å². The molecule has 2 heterocycles. The van der Waals surface area contributed by atoms with E-state index in [1.807, 2.05) is 23.5 Å². The largest absolute Gasteiger partial charge is 0.477 e. The number of thioether (sulfide) groups is 2. The second kappa shape index (κ2) is 6.16. The molecule has 1 unspecified atom stereocenters. The molecule has 0 aliphatic carbocycles. The monoisotopic (exact) mass is 270 g/mol. The lowest BCUT2D eigenvalue weighted by molar-refractivity contribution is 0.0690. The number of anilines is 1. The number of pyridine rings is 1. The lowest BCUT2D eigenvalue weighted by Crippen LogP contribution is -2.23. The van der Waals surface area contributed by atoms with Crippen LogP contribution in [-0.2, 0) is 0 Å². The first-order valence-corrected chi connectivity index (χ1v) is 7.59. The molecule has 2 N–H and O–H groups in total. The van der Waals surface area contributed by atoms with Crippen molar-refractivity contribution in [2.75, 3.05) is 29.1 Å². The SMILES string of the molecule is O=C(O)c1cccc(NCC2CSCCS2)n1. The molecular formula is C11H14N2O2S2. The third-order valence-corrected chi connectivity index (χ3v) is 5.21. The predicted molar refractivity (Wildman–Crippen MR) is 73.3 cm³/mol. The number of aromatic carboxylic acids is 1. The smallest absolute Gasteiger partial charge is 0.354 e. The Balaban J connectivity index is 1.89. The molecule has 0 aromatic carbocycles. The zero-order chi connectivity index (χ0) is 12.1. The molecule has 0 amide bonds. The predicted octanol–water partition coefficient (Wildman–Crippen LogP) is 2.04. The van der Waals surface area contributed by atoms with Crippen LogP contribution in [-0.4, -0.2) is 45.1 Å². The lowest BCUT2D eigenvalue weighted by atomic mass is 10.3. The summed E-state index contributed by atoms with van der Waals surface area (Å²) in [6, 6.07) is 5.01. The number of carboxylic acid groups (broad SMARTS) is 1. The first-order chi connectivity index (χ1) is 8.25. The van der Waals surface area contributed by atoms with Crippen LogP contribution in [0.2, 0.25) is 0 Å². The molecular weight excluding hydrogens is 256 g/mol. The van der Waals surface area contributed by atoms with Gasteiger partial charge in [-0.05, 0) is 12.1 Å². The molecule has 1 atom stereocenters. The zero-order valence-corrected chi connectivity index (χ0v) is 10.9. The molecule has 17 heavy (non-hydrogen) atoms. The Hall–Kier alpha value is -0.880. The fraction of sp³-hybridized carbons (Fsp3) is 0.455. The van der Waals surface area contributed by atoms with E-state index in [4.69, 9.17) is 5.11 Å². The maximum atomic E-state index is 10.8. The van der Waals surface area contributed by atoms with Crippen molar-refractivity contribution in [2.24, 2.45) is 0 Å². The van der Waals surface area contributed by atoms with Crippen LogP contribution >= 0.6 is 23.5 Å². The van der Waals surface area contributed by atoms with E-state index in [9.17, 15) is 4.79 Å². The first-order valence-electron chi connectivity index (χ1n) is 5.39. The quantitative estimate of drug-likeness (QED) is 0.873. The highest BCUT2D eigenvalue weighted by Gasteiger charge is 2.14. The Kier molecular flexibility index (Phi) is 4.56. The summed E-state index contributed by atoms with van der Waals surface area (Å²) < 4.78 is 0. The standard InChI is InChI=1S/C11H14N2O2S2/c14-11(15)9-2-1-3-10(13-9)12-6-8-7-16-4-5-17-8/h1-3,8H,4-7H2,(H,12,13)(H,14,15). The lowest BCUT2D eigenvalue weighted by Gasteiger charge is -2.21. The van der Waals surface area contributed by atoms with Gasteiger partial charge in [-0.25, -0.2) is 9.78 Å². The van der Waals surface area contributed by atoms with Gasteiger partial charge in [0.15, 0.2) is 5.69 Å². The van der Waals surface area contributed by atoms with Gasteiger partial charge in [0.2, 0.25) is 0 Å². The van der Waals surface area contributed by atoms with Gasteiger partial charge in [-0.2, -0.15) is 23.5 Å². The Morgan fingerprint density at radius 2 is 2.41 bits per heavy atom. The summed E-state index contributed by atoms with van der Waals surface area (Å²) >= 11 is 3.94. The van der Waals surface area contributed by atoms with E-state index in [0.717, 1.165) is 12.3 Å². The van der Waals surface area contributed by atoms with Crippen molar-refractivity contribution >= 4 is 35.3 Å². The van der Waals surface area contributed by atoms with Gasteiger partial charge in [0.05, 0.1) is 0 Å². The summed E-state index contributed by atoms with van der Waals surface area (Å²) in [5.74, 6) is 3.22. The highest BCUT2D eigenvalue weighted by molar-refractivity contribution is 8.06. The number of aromatic nitrogens is 1. The Labute approximate surface area is 109 Å². The number of carboxylic acids is 1. The molecule has 0 radical (unpaired) electrons. The third kappa shape index (κ3) is 3.81. The van der Waals surface area contributed by atoms with Crippen LogP contribution in [0.1, 0.15) is 10.5 Å². The van der Waals surface area contributed by atoms with Gasteiger partial charge in [0.1, 0.15) is 5.82 Å². The van der Waals surface area contributed by atoms with Gasteiger partial charge in [-0.3, -0.25) is 0 Å². The van der Waals surface area contributed by atoms with Crippen LogP contribution in [0, 0.1) is 0 Å². The average molecular weight is 270 g/mol. The maximum absolute atomic E-state index is 10.8. The van der Waals surface area contributed by atoms with Gasteiger partial charge in [0.25, 0.3) is 0 Å². The van der Waals surface area contributed by atoms with Crippen molar-refractivity contribution in [1.29, 1.82) is 0 Å². The van der Waals surface area contributed by atoms with Crippen molar-refractivity contribution in [3.63, 3.8) is 0 Å². The summed E-state index contributed by atoms with van der Waals surface area (Å²) in [5.41, 5.74) is 0.0840. The molecule has 1 aliphatic heterocycles. The summed E-state index contributed by atoms with van der Waals surface area (Å²) in [5, 5.41) is 12.6. The van der Waals surface area contributed by atoms with E-state index in [-0.39, 0.29) is 5.69 Å². The van der Waals surface area contributed by atoms with Crippen LogP contribution in [0.3, 0.4) is 0 Å². The fourth-order valence-electron chi connectivity index (χ4n) is 1.53. The molecule has 1 aromatic rings. The molecule has 0 bridgehead atoms. The molecule has 4 nitrogen and oxygen atoms in total. The van der Waals surface area contributed by atoms with Crippen molar-refractivity contribution in [2.45, 2.75) is 5.25 Å². The van der Waals surface area contributed by atoms with E-state index >= 15 is 0 Å². The third-order valence-electron chi connectivity index (χ3n) is 2.36. The topological polar surface area (TPSA) is 62.2 Å². The molecule has 1 aromatic heterocycles. The maximum Gasteiger partial charge on any atom is 0.354 e. The minimum absolute atomic E-state index is 0.0840. The van der Waals surface area contributed by atoms with E-state index in [1.54, 1.807) is 12.1 Å². The molecule has 1 fully saturated rings. The van der Waals surface area contributed by atoms with E-state index in [2.05, 4.69) is 10.3 Å². The number of rotatable bonds is 4. The molecule has 0 saturated carbocycles. The minimum atomic E-state index is -0.990. The van der Waals surface area contributed by atoms with Crippen LogP contribution < -0.4 is 5.32 Å². The summed E-state index contributed by atoms with van der Waals surface area (Å²) in [6.07, 6.45) is 0. The van der Waals surface area contributed by atoms with Gasteiger partial charge < -0.3 is 10.4 Å². The molecule has 2 rings (SSSR count). The molecule has 0 spiro atoms. The molecule has 1 aliphatic rings. The number of nitrogens with one attached hydrogen (secondary N) is 1. The van der Waals surface area contributed by atoms with E-state index in [0.29, 0.717) is 11.1 Å². The van der Waals surface area contributed by atoms with Crippen LogP contribution in [0.5, 0.6) is 0 Å². The number of hydrogen-bond acceptors (Lipinski definition) is 5. The molecule has 6 heteroatoms. The van der Waals surface area contributed by atoms with Gasteiger partial charge in [0, 0.05) is 29.1 Å². The van der Waals surface area contributed by atoms with Crippen LogP contribution in [0.15, 0.2) is 18.2 Å². The fourth-order valence-corrected chi connectivity index (χ4v) is 4.14. The second-order valence-electron chi connectivity index (χ2n) is 3.66. The van der Waals surface area contributed by atoms with Crippen molar-refractivity contribution in [3.05, 3.63) is 23.9 Å². The number of hydrogen-bond donors (Lipinski definition) is 2. The van der Waals surface area contributed by atoms with Crippen molar-refractivity contribution < 1.29 is 9.90 Å². The normalized spacial score (nSPS) is 19.9. The molecule has 1 saturated heterocycles. The van der Waals surface area contributed by atoms with E-state index < -0.39 is 5.97 Å². The zero-order valence-electron chi connectivity index (χ0n) is 9.26. The summed E-state index contributed by atoms with van der Waals surface area (Å²) in [4.78, 5) is 14.8. The Morgan fingerprint density at radius 1 is 1.53 bits per heavy atom. The van der Waals surface area contributed by atoms with Gasteiger partial charge in [-0.15, -0.1) is 0 Å². The number of carbonyl (C=O) groups is 1. The van der Waals surface area contributed by atoms with Crippen LogP contribution in [0.25, 0.3) is 0 Å². The first kappa shape index (κ1) is 12.6. The average Bonchev–Trinajstić information content (AvgIpc) is 2.38. The molecule has 92 valence electrons. The summed E-state index contributed by atoms with van der Waals surface area (Å²) in [6.45, 7) is 0.841. The minimum Gasteiger partial charge on any atom is -0.477 e. The highest BCUT2D eigenvalue weighted by atomic mass is 32.2. The Morgan fingerprint density at radius 3 is 3.12 bits per heavy atom. The summed E-state index contributed by atoms with van der Waals surface area (Å²) in [7, 11) is 0. The highest BCUT2D eigenvalue weighted by Crippen LogP contribution is 2.24. The Bertz CT molecular complexity index is 395. The van der Waals surface area contributed by atoms with Gasteiger partial charge in [-0.1, -0.05) is 6.07 Å². The van der Waals surface area contributed by atoms with Crippen molar-refractivity contribution in [1.82, 2.24) is 4.98 Å². The van der Waals surface area contributed by atoms with Crippen molar-refractivity contribution in [3.8, 4) is 0 Å². The number of nitrogens with zero attached hydrogens (tertiary/aromatic N) is 1. The van der Waals surface area contributed by atoms with E-state index in [1.165, 1.54) is 17.6 Å².